The number of para-hydroxylation sites is 1. The summed E-state index contributed by atoms with van der Waals surface area (Å²) in [4.78, 5) is 11.0. The second-order valence-corrected chi connectivity index (χ2v) is 7.76. The van der Waals surface area contributed by atoms with E-state index in [-0.39, 0.29) is 24.9 Å². The van der Waals surface area contributed by atoms with Gasteiger partial charge in [-0.05, 0) is 38.0 Å². The molecule has 0 fully saturated rings. The number of anilines is 1. The summed E-state index contributed by atoms with van der Waals surface area (Å²) in [5.41, 5.74) is 2.96. The minimum absolute atomic E-state index is 0. The van der Waals surface area contributed by atoms with Gasteiger partial charge in [0, 0.05) is 31.6 Å². The standard InChI is InChI=1S/C21H32N6O4.ClH/c1-15(28)23-11-10-16-6-4-5-7-18(16)30-13-17(29)12-24-21(2,3)14-31-20-9-8-19(25-22)26-27-20;/h4-9,17,24,29H,10-14,22H2,1-3H3,(H,23,28)(H,25,26);1H. The molecule has 1 amide bonds. The van der Waals surface area contributed by atoms with Gasteiger partial charge >= 0.3 is 0 Å². The fraction of sp³-hybridized carbons (Fsp3) is 0.476. The number of nitrogens with one attached hydrogen (secondary N) is 3. The molecule has 11 heteroatoms. The molecule has 0 saturated heterocycles. The van der Waals surface area contributed by atoms with E-state index in [2.05, 4.69) is 26.3 Å². The molecule has 2 rings (SSSR count). The van der Waals surface area contributed by atoms with E-state index in [1.54, 1.807) is 12.1 Å². The number of carbonyl (C=O) groups excluding carboxylic acids is 1. The highest BCUT2D eigenvalue weighted by molar-refractivity contribution is 5.85. The number of nitrogens with zero attached hydrogens (tertiary/aromatic N) is 2. The molecule has 0 bridgehead atoms. The van der Waals surface area contributed by atoms with Crippen molar-refractivity contribution in [3.05, 3.63) is 42.0 Å². The number of amides is 1. The summed E-state index contributed by atoms with van der Waals surface area (Å²) in [5, 5.41) is 24.1. The number of β-amino-alcohol motifs (C(OH)–C–C–N with tert-alkyl or cyclic N) is 1. The van der Waals surface area contributed by atoms with Crippen LogP contribution in [0, 0.1) is 0 Å². The number of hydrazine groups is 1. The third kappa shape index (κ3) is 10.1. The van der Waals surface area contributed by atoms with Gasteiger partial charge in [0.25, 0.3) is 0 Å². The lowest BCUT2D eigenvalue weighted by atomic mass is 10.1. The van der Waals surface area contributed by atoms with E-state index >= 15 is 0 Å². The van der Waals surface area contributed by atoms with E-state index < -0.39 is 11.6 Å². The average Bonchev–Trinajstić information content (AvgIpc) is 2.76. The highest BCUT2D eigenvalue weighted by Gasteiger charge is 2.20. The first-order valence-corrected chi connectivity index (χ1v) is 10.1. The second kappa shape index (κ2) is 13.7. The molecule has 1 unspecified atom stereocenters. The first-order valence-electron chi connectivity index (χ1n) is 10.1. The summed E-state index contributed by atoms with van der Waals surface area (Å²) in [6, 6.07) is 10.9. The van der Waals surface area contributed by atoms with Crippen LogP contribution in [0.5, 0.6) is 11.6 Å². The lowest BCUT2D eigenvalue weighted by Crippen LogP contribution is -2.48. The fourth-order valence-electron chi connectivity index (χ4n) is 2.64. The number of aliphatic hydroxyl groups is 1. The van der Waals surface area contributed by atoms with Gasteiger partial charge in [-0.15, -0.1) is 22.6 Å². The molecule has 1 heterocycles. The van der Waals surface area contributed by atoms with Crippen molar-refractivity contribution in [3.63, 3.8) is 0 Å². The number of ether oxygens (including phenoxy) is 2. The van der Waals surface area contributed by atoms with Crippen molar-refractivity contribution < 1.29 is 19.4 Å². The smallest absolute Gasteiger partial charge is 0.233 e. The van der Waals surface area contributed by atoms with Crippen molar-refractivity contribution in [2.45, 2.75) is 38.8 Å². The number of rotatable bonds is 13. The average molecular weight is 469 g/mol. The van der Waals surface area contributed by atoms with Gasteiger partial charge < -0.3 is 30.6 Å². The van der Waals surface area contributed by atoms with Crippen molar-refractivity contribution in [2.75, 3.05) is 31.7 Å². The van der Waals surface area contributed by atoms with E-state index in [9.17, 15) is 9.90 Å². The zero-order chi connectivity index (χ0) is 22.7. The largest absolute Gasteiger partial charge is 0.491 e. The van der Waals surface area contributed by atoms with E-state index in [4.69, 9.17) is 15.3 Å². The Bertz CT molecular complexity index is 822. The molecule has 10 nitrogen and oxygen atoms in total. The molecular weight excluding hydrogens is 436 g/mol. The number of nitrogen functional groups attached to an aromatic ring is 1. The summed E-state index contributed by atoms with van der Waals surface area (Å²) in [6.07, 6.45) is -0.0583. The van der Waals surface area contributed by atoms with Crippen LogP contribution in [-0.2, 0) is 11.2 Å². The molecule has 0 aliphatic heterocycles. The summed E-state index contributed by atoms with van der Waals surface area (Å²) in [5.74, 6) is 6.72. The molecule has 0 aliphatic carbocycles. The van der Waals surface area contributed by atoms with E-state index in [0.29, 0.717) is 43.6 Å². The molecule has 0 spiro atoms. The Morgan fingerprint density at radius 2 is 1.94 bits per heavy atom. The quantitative estimate of drug-likeness (QED) is 0.215. The third-order valence-corrected chi connectivity index (χ3v) is 4.36. The second-order valence-electron chi connectivity index (χ2n) is 7.76. The third-order valence-electron chi connectivity index (χ3n) is 4.36. The molecule has 32 heavy (non-hydrogen) atoms. The fourth-order valence-corrected chi connectivity index (χ4v) is 2.64. The maximum Gasteiger partial charge on any atom is 0.233 e. The number of benzene rings is 1. The van der Waals surface area contributed by atoms with Crippen LogP contribution in [-0.4, -0.2) is 59.2 Å². The van der Waals surface area contributed by atoms with Crippen LogP contribution in [0.1, 0.15) is 26.3 Å². The van der Waals surface area contributed by atoms with Gasteiger partial charge in [-0.25, -0.2) is 5.84 Å². The molecule has 2 aromatic rings. The highest BCUT2D eigenvalue weighted by atomic mass is 35.5. The lowest BCUT2D eigenvalue weighted by Gasteiger charge is -2.27. The number of halogens is 1. The van der Waals surface area contributed by atoms with Gasteiger partial charge in [0.1, 0.15) is 25.1 Å². The lowest BCUT2D eigenvalue weighted by molar-refractivity contribution is -0.118. The first-order chi connectivity index (χ1) is 14.8. The molecule has 1 atom stereocenters. The van der Waals surface area contributed by atoms with Crippen LogP contribution in [0.4, 0.5) is 5.82 Å². The van der Waals surface area contributed by atoms with Crippen molar-refractivity contribution in [2.24, 2.45) is 5.84 Å². The normalized spacial score (nSPS) is 11.8. The zero-order valence-electron chi connectivity index (χ0n) is 18.6. The van der Waals surface area contributed by atoms with Crippen molar-refractivity contribution >= 4 is 24.1 Å². The van der Waals surface area contributed by atoms with Gasteiger partial charge in [0.2, 0.25) is 11.8 Å². The van der Waals surface area contributed by atoms with E-state index in [1.165, 1.54) is 6.92 Å². The Labute approximate surface area is 194 Å². The Morgan fingerprint density at radius 3 is 2.59 bits per heavy atom. The van der Waals surface area contributed by atoms with Crippen LogP contribution in [0.25, 0.3) is 0 Å². The topological polar surface area (TPSA) is 144 Å². The molecule has 178 valence electrons. The number of nitrogens with two attached hydrogens (primary N) is 1. The van der Waals surface area contributed by atoms with Crippen LogP contribution >= 0.6 is 12.4 Å². The Morgan fingerprint density at radius 1 is 1.19 bits per heavy atom. The minimum atomic E-state index is -0.711. The highest BCUT2D eigenvalue weighted by Crippen LogP contribution is 2.18. The van der Waals surface area contributed by atoms with Crippen molar-refractivity contribution in [1.82, 2.24) is 20.8 Å². The number of carbonyl (C=O) groups is 1. The molecule has 0 aliphatic rings. The summed E-state index contributed by atoms with van der Waals surface area (Å²) in [6.45, 7) is 6.73. The monoisotopic (exact) mass is 468 g/mol. The Kier molecular flexibility index (Phi) is 11.7. The molecule has 0 radical (unpaired) electrons. The number of aromatic nitrogens is 2. The van der Waals surface area contributed by atoms with Gasteiger partial charge in [-0.3, -0.25) is 4.79 Å². The van der Waals surface area contributed by atoms with Gasteiger partial charge in [0.05, 0.1) is 0 Å². The van der Waals surface area contributed by atoms with Crippen LogP contribution in [0.2, 0.25) is 0 Å². The molecule has 1 aromatic carbocycles. The SMILES string of the molecule is CC(=O)NCCc1ccccc1OCC(O)CNC(C)(C)COc1ccc(NN)nn1.Cl. The Hall–Kier alpha value is -2.66. The summed E-state index contributed by atoms with van der Waals surface area (Å²) in [7, 11) is 0. The summed E-state index contributed by atoms with van der Waals surface area (Å²) >= 11 is 0. The maximum atomic E-state index is 11.0. The molecule has 1 aromatic heterocycles. The van der Waals surface area contributed by atoms with Gasteiger partial charge in [-0.2, -0.15) is 0 Å². The minimum Gasteiger partial charge on any atom is -0.491 e. The van der Waals surface area contributed by atoms with Crippen LogP contribution in [0.3, 0.4) is 0 Å². The number of hydrogen-bond donors (Lipinski definition) is 5. The molecular formula is C21H33ClN6O4. The van der Waals surface area contributed by atoms with E-state index in [1.807, 2.05) is 38.1 Å². The zero-order valence-corrected chi connectivity index (χ0v) is 19.4. The summed E-state index contributed by atoms with van der Waals surface area (Å²) < 4.78 is 11.5. The first kappa shape index (κ1) is 27.4. The van der Waals surface area contributed by atoms with Crippen LogP contribution in [0.15, 0.2) is 36.4 Å². The Balaban J connectivity index is 0.00000512. The number of aliphatic hydroxyl groups excluding tert-OH is 1. The maximum absolute atomic E-state index is 11.0. The predicted octanol–water partition coefficient (Wildman–Crippen LogP) is 1.05. The molecule has 6 N–H and O–H groups in total. The van der Waals surface area contributed by atoms with Gasteiger partial charge in [-0.1, -0.05) is 18.2 Å². The van der Waals surface area contributed by atoms with E-state index in [0.717, 1.165) is 5.56 Å². The van der Waals surface area contributed by atoms with Crippen molar-refractivity contribution in [3.8, 4) is 11.6 Å². The van der Waals surface area contributed by atoms with Crippen LogP contribution < -0.4 is 31.4 Å². The van der Waals surface area contributed by atoms with Crippen molar-refractivity contribution in [1.29, 1.82) is 0 Å². The van der Waals surface area contributed by atoms with Gasteiger partial charge in [0.15, 0.2) is 5.82 Å². The predicted molar refractivity (Wildman–Crippen MR) is 125 cm³/mol. The molecule has 0 saturated carbocycles. The number of hydrogen-bond acceptors (Lipinski definition) is 9.